The highest BCUT2D eigenvalue weighted by Gasteiger charge is 2.17. The molecule has 0 radical (unpaired) electrons. The van der Waals surface area contributed by atoms with E-state index in [1.165, 1.54) is 12.4 Å². The highest BCUT2D eigenvalue weighted by Crippen LogP contribution is 2.33. The summed E-state index contributed by atoms with van der Waals surface area (Å²) < 4.78 is 13.7. The second kappa shape index (κ2) is 5.34. The second-order valence-electron chi connectivity index (χ2n) is 4.80. The van der Waals surface area contributed by atoms with E-state index in [-0.39, 0.29) is 11.7 Å². The van der Waals surface area contributed by atoms with Crippen molar-refractivity contribution in [3.05, 3.63) is 41.5 Å². The van der Waals surface area contributed by atoms with Gasteiger partial charge >= 0.3 is 0 Å². The van der Waals surface area contributed by atoms with Gasteiger partial charge in [-0.3, -0.25) is 0 Å². The van der Waals surface area contributed by atoms with Gasteiger partial charge in [-0.15, -0.1) is 0 Å². The molecule has 1 aromatic carbocycles. The molecule has 0 aliphatic carbocycles. The molecule has 0 aliphatic heterocycles. The van der Waals surface area contributed by atoms with Gasteiger partial charge in [0, 0.05) is 18.2 Å². The van der Waals surface area contributed by atoms with Gasteiger partial charge in [-0.05, 0) is 24.5 Å². The number of nitrogens with one attached hydrogen (secondary N) is 1. The van der Waals surface area contributed by atoms with E-state index in [0.29, 0.717) is 5.56 Å². The first-order valence-electron chi connectivity index (χ1n) is 6.34. The van der Waals surface area contributed by atoms with Crippen LogP contribution in [0.3, 0.4) is 0 Å². The average Bonchev–Trinajstić information content (AvgIpc) is 2.40. The van der Waals surface area contributed by atoms with Crippen molar-refractivity contribution in [1.82, 2.24) is 9.97 Å². The Morgan fingerprint density at radius 3 is 2.58 bits per heavy atom. The summed E-state index contributed by atoms with van der Waals surface area (Å²) in [5.41, 5.74) is 3.25. The summed E-state index contributed by atoms with van der Waals surface area (Å²) in [4.78, 5) is 8.60. The van der Waals surface area contributed by atoms with Crippen LogP contribution in [0.25, 0.3) is 11.3 Å². The maximum atomic E-state index is 13.7. The van der Waals surface area contributed by atoms with Crippen LogP contribution in [0.15, 0.2) is 24.5 Å². The van der Waals surface area contributed by atoms with Crippen molar-refractivity contribution in [2.45, 2.75) is 26.7 Å². The molecule has 0 fully saturated rings. The fourth-order valence-electron chi connectivity index (χ4n) is 2.22. The lowest BCUT2D eigenvalue weighted by atomic mass is 9.95. The Bertz CT molecular complexity index is 594. The van der Waals surface area contributed by atoms with Crippen LogP contribution in [0, 0.1) is 12.7 Å². The highest BCUT2D eigenvalue weighted by atomic mass is 19.1. The number of halogens is 1. The summed E-state index contributed by atoms with van der Waals surface area (Å²) in [7, 11) is 1.83. The van der Waals surface area contributed by atoms with Gasteiger partial charge in [-0.25, -0.2) is 14.4 Å². The van der Waals surface area contributed by atoms with Crippen molar-refractivity contribution < 1.29 is 4.39 Å². The highest BCUT2D eigenvalue weighted by molar-refractivity contribution is 5.71. The van der Waals surface area contributed by atoms with Gasteiger partial charge in [0.2, 0.25) is 0 Å². The molecule has 4 heteroatoms. The van der Waals surface area contributed by atoms with Crippen molar-refractivity contribution in [3.8, 4) is 11.3 Å². The molecule has 0 amide bonds. The molecule has 1 aromatic heterocycles. The van der Waals surface area contributed by atoms with Crippen molar-refractivity contribution in [2.75, 3.05) is 12.4 Å². The number of aromatic nitrogens is 2. The van der Waals surface area contributed by atoms with Crippen LogP contribution >= 0.6 is 0 Å². The molecule has 0 atom stereocenters. The van der Waals surface area contributed by atoms with E-state index in [0.717, 1.165) is 22.6 Å². The van der Waals surface area contributed by atoms with Crippen LogP contribution in [0.2, 0.25) is 0 Å². The van der Waals surface area contributed by atoms with Crippen LogP contribution in [0.5, 0.6) is 0 Å². The van der Waals surface area contributed by atoms with Gasteiger partial charge < -0.3 is 5.32 Å². The van der Waals surface area contributed by atoms with Crippen molar-refractivity contribution >= 4 is 5.82 Å². The molecule has 100 valence electrons. The Morgan fingerprint density at radius 1 is 1.21 bits per heavy atom. The average molecular weight is 259 g/mol. The Hall–Kier alpha value is -1.97. The van der Waals surface area contributed by atoms with Crippen LogP contribution in [0.4, 0.5) is 10.2 Å². The van der Waals surface area contributed by atoms with E-state index in [1.54, 1.807) is 13.0 Å². The summed E-state index contributed by atoms with van der Waals surface area (Å²) in [6.45, 7) is 5.94. The Balaban J connectivity index is 2.72. The first-order chi connectivity index (χ1) is 9.06. The third kappa shape index (κ3) is 2.43. The summed E-state index contributed by atoms with van der Waals surface area (Å²) >= 11 is 0. The van der Waals surface area contributed by atoms with Gasteiger partial charge in [0.1, 0.15) is 18.0 Å². The van der Waals surface area contributed by atoms with Gasteiger partial charge in [0.05, 0.1) is 5.69 Å². The number of rotatable bonds is 3. The fraction of sp³-hybridized carbons (Fsp3) is 0.333. The smallest absolute Gasteiger partial charge is 0.133 e. The van der Waals surface area contributed by atoms with Crippen LogP contribution in [-0.2, 0) is 0 Å². The van der Waals surface area contributed by atoms with E-state index in [4.69, 9.17) is 0 Å². The maximum Gasteiger partial charge on any atom is 0.133 e. The minimum atomic E-state index is -0.211. The summed E-state index contributed by atoms with van der Waals surface area (Å²) in [5.74, 6) is 0.835. The predicted octanol–water partition coefficient (Wildman–Crippen LogP) is 3.76. The first-order valence-corrected chi connectivity index (χ1v) is 6.34. The van der Waals surface area contributed by atoms with Crippen molar-refractivity contribution in [2.24, 2.45) is 0 Å². The summed E-state index contributed by atoms with van der Waals surface area (Å²) in [6.07, 6.45) is 1.51. The zero-order valence-corrected chi connectivity index (χ0v) is 11.7. The summed E-state index contributed by atoms with van der Waals surface area (Å²) in [6, 6.07) is 5.07. The molecular weight excluding hydrogens is 241 g/mol. The molecule has 19 heavy (non-hydrogen) atoms. The van der Waals surface area contributed by atoms with Gasteiger partial charge in [0.15, 0.2) is 0 Å². The molecule has 0 bridgehead atoms. The molecule has 0 unspecified atom stereocenters. The largest absolute Gasteiger partial charge is 0.373 e. The number of benzene rings is 1. The van der Waals surface area contributed by atoms with E-state index < -0.39 is 0 Å². The Labute approximate surface area is 112 Å². The molecule has 2 aromatic rings. The molecule has 2 rings (SSSR count). The number of anilines is 1. The second-order valence-corrected chi connectivity index (χ2v) is 4.80. The van der Waals surface area contributed by atoms with Crippen molar-refractivity contribution in [3.63, 3.8) is 0 Å². The standard InChI is InChI=1S/C15H18FN3/c1-9(2)13-14(18-8-19-15(13)17-4)11-6-5-7-12(16)10(11)3/h5-9H,1-4H3,(H,17,18,19). The summed E-state index contributed by atoms with van der Waals surface area (Å²) in [5, 5.41) is 3.08. The Kier molecular flexibility index (Phi) is 3.79. The quantitative estimate of drug-likeness (QED) is 0.912. The van der Waals surface area contributed by atoms with E-state index in [9.17, 15) is 4.39 Å². The minimum Gasteiger partial charge on any atom is -0.373 e. The van der Waals surface area contributed by atoms with Gasteiger partial charge in [-0.1, -0.05) is 26.0 Å². The fourth-order valence-corrected chi connectivity index (χ4v) is 2.22. The van der Waals surface area contributed by atoms with Gasteiger partial charge in [-0.2, -0.15) is 0 Å². The predicted molar refractivity (Wildman–Crippen MR) is 75.8 cm³/mol. The lowest BCUT2D eigenvalue weighted by Crippen LogP contribution is -2.05. The van der Waals surface area contributed by atoms with E-state index >= 15 is 0 Å². The minimum absolute atomic E-state index is 0.211. The molecule has 0 saturated carbocycles. The topological polar surface area (TPSA) is 37.8 Å². The number of hydrogen-bond donors (Lipinski definition) is 1. The zero-order chi connectivity index (χ0) is 14.0. The molecule has 1 heterocycles. The van der Waals surface area contributed by atoms with E-state index in [2.05, 4.69) is 29.1 Å². The molecule has 3 nitrogen and oxygen atoms in total. The first kappa shape index (κ1) is 13.5. The monoisotopic (exact) mass is 259 g/mol. The third-order valence-electron chi connectivity index (χ3n) is 3.22. The number of nitrogens with zero attached hydrogens (tertiary/aromatic N) is 2. The lowest BCUT2D eigenvalue weighted by Gasteiger charge is -2.17. The normalized spacial score (nSPS) is 10.8. The lowest BCUT2D eigenvalue weighted by molar-refractivity contribution is 0.619. The maximum absolute atomic E-state index is 13.7. The number of hydrogen-bond acceptors (Lipinski definition) is 3. The molecule has 0 aliphatic rings. The Morgan fingerprint density at radius 2 is 1.95 bits per heavy atom. The molecular formula is C15H18FN3. The SMILES string of the molecule is CNc1ncnc(-c2cccc(F)c2C)c1C(C)C. The molecule has 1 N–H and O–H groups in total. The van der Waals surface area contributed by atoms with Crippen LogP contribution in [0.1, 0.15) is 30.9 Å². The van der Waals surface area contributed by atoms with Crippen LogP contribution in [-0.4, -0.2) is 17.0 Å². The molecule has 0 spiro atoms. The van der Waals surface area contributed by atoms with Gasteiger partial charge in [0.25, 0.3) is 0 Å². The van der Waals surface area contributed by atoms with Crippen LogP contribution < -0.4 is 5.32 Å². The van der Waals surface area contributed by atoms with E-state index in [1.807, 2.05) is 13.1 Å². The zero-order valence-electron chi connectivity index (χ0n) is 11.7. The van der Waals surface area contributed by atoms with Crippen molar-refractivity contribution in [1.29, 1.82) is 0 Å². The third-order valence-corrected chi connectivity index (χ3v) is 3.22. The molecule has 0 saturated heterocycles.